The van der Waals surface area contributed by atoms with Crippen LogP contribution >= 0.6 is 0 Å². The fraction of sp³-hybridized carbons (Fsp3) is 0.160. The summed E-state index contributed by atoms with van der Waals surface area (Å²) in [7, 11) is 3.69. The van der Waals surface area contributed by atoms with Gasteiger partial charge in [-0.15, -0.1) is 10.2 Å². The molecule has 0 amide bonds. The number of fused-ring (bicyclic) bond motifs is 5. The molecule has 0 atom stereocenters. The molecule has 548 valence electrons. The van der Waals surface area contributed by atoms with Gasteiger partial charge in [0.05, 0.1) is 51.9 Å². The van der Waals surface area contributed by atoms with Gasteiger partial charge in [-0.2, -0.15) is 15.3 Å². The van der Waals surface area contributed by atoms with Crippen molar-refractivity contribution >= 4 is 68.6 Å². The maximum absolute atomic E-state index is 12.0. The summed E-state index contributed by atoms with van der Waals surface area (Å²) in [6, 6.07) is 27.9. The van der Waals surface area contributed by atoms with Crippen LogP contribution < -0.4 is 27.8 Å². The second-order valence-electron chi connectivity index (χ2n) is 24.2. The highest BCUT2D eigenvalue weighted by atomic mass is 16.4. The number of H-pyrrole nitrogens is 5. The molecule has 0 spiro atoms. The highest BCUT2D eigenvalue weighted by Gasteiger charge is 2.24. The van der Waals surface area contributed by atoms with Crippen LogP contribution in [0.3, 0.4) is 0 Å². The van der Waals surface area contributed by atoms with Gasteiger partial charge in [-0.25, -0.2) is 38.5 Å². The number of aromatic nitrogens is 17. The Morgan fingerprint density at radius 3 is 1.25 bits per heavy atom. The molecule has 13 heterocycles. The van der Waals surface area contributed by atoms with Crippen molar-refractivity contribution in [1.29, 1.82) is 0 Å². The fourth-order valence-corrected chi connectivity index (χ4v) is 12.1. The van der Waals surface area contributed by atoms with E-state index in [0.717, 1.165) is 72.0 Å². The van der Waals surface area contributed by atoms with Gasteiger partial charge in [0.2, 0.25) is 0 Å². The third-order valence-corrected chi connectivity index (χ3v) is 17.7. The Balaban J connectivity index is 0.000000134. The largest absolute Gasteiger partial charge is 0.506 e. The lowest BCUT2D eigenvalue weighted by Crippen LogP contribution is -2.20. The van der Waals surface area contributed by atoms with Gasteiger partial charge >= 0.3 is 29.8 Å². The maximum Gasteiger partial charge on any atom is 0.345 e. The predicted octanol–water partition coefficient (Wildman–Crippen LogP) is 8.72. The first-order chi connectivity index (χ1) is 51.7. The molecular formula is C75H67N17O16. The highest BCUT2D eigenvalue weighted by Crippen LogP contribution is 2.33. The zero-order chi connectivity index (χ0) is 77.5. The normalized spacial score (nSPS) is 11.0. The molecule has 0 radical (unpaired) electrons. The van der Waals surface area contributed by atoms with Crippen LogP contribution in [0.1, 0.15) is 114 Å². The number of imidazole rings is 1. The standard InChI is InChI=1S/C16H15N3O4.C16H15N3O3.C15H13N3O3.2C14H12N4O3/c1-3-10-13(18-15(21)12(14(10)20)16(22)23)8-4-5-11-9(6-8)7-17-19(11)2;1-3-9-7-12(16(21)22)15(20)18-14(9)10-4-5-13-11(6-10)8-17-19(13)2;1-2-9-7-11(15(20)21)14(19)17-13(9)10-3-4-12-16-5-6-18(12)8-10;1-2-8-5-10(14(20)21)13(19)16-12(8)9-3-4-11-17-15-7-18(11)6-9;1-2-8-5-10(14(20)21)13(19)17-12(8)9-3-4-11-15-7-16-18(11)6-9/h4-7H,3H2,1-2H3,(H,22,23)(H2,18,20,21);4-8H,3H2,1-2H3,(H,18,20)(H,21,22);3-8H,2H2,1H3,(H,17,19)(H,20,21);3-7H,2H2,1H3,(H,16,19)(H,20,21);3-7H,2H2,1H3,(H,17,19)(H,20,21). The van der Waals surface area contributed by atoms with E-state index in [1.807, 2.05) is 113 Å². The first-order valence-corrected chi connectivity index (χ1v) is 33.3. The van der Waals surface area contributed by atoms with Crippen molar-refractivity contribution in [3.05, 3.63) is 260 Å². The van der Waals surface area contributed by atoms with E-state index in [1.54, 1.807) is 80.7 Å². The molecule has 0 fully saturated rings. The smallest absolute Gasteiger partial charge is 0.345 e. The summed E-state index contributed by atoms with van der Waals surface area (Å²) in [5.41, 5.74) is 9.56. The Morgan fingerprint density at radius 1 is 0.417 bits per heavy atom. The van der Waals surface area contributed by atoms with Gasteiger partial charge in [0.25, 0.3) is 27.8 Å². The molecule has 0 bridgehead atoms. The number of hydrogen-bond acceptors (Lipinski definition) is 18. The zero-order valence-electron chi connectivity index (χ0n) is 58.6. The van der Waals surface area contributed by atoms with Crippen molar-refractivity contribution in [1.82, 2.24) is 83.1 Å². The summed E-state index contributed by atoms with van der Waals surface area (Å²) in [4.78, 5) is 136. The number of nitrogens with zero attached hydrogens (tertiary/aromatic N) is 12. The number of carboxylic acid groups (broad SMARTS) is 5. The second-order valence-corrected chi connectivity index (χ2v) is 24.2. The Kier molecular flexibility index (Phi) is 21.7. The number of nitrogens with one attached hydrogen (secondary N) is 5. The molecule has 15 aromatic rings. The molecule has 0 unspecified atom stereocenters. The van der Waals surface area contributed by atoms with Crippen LogP contribution in [0.25, 0.3) is 95.0 Å². The number of aryl methyl sites for hydroxylation is 6. The van der Waals surface area contributed by atoms with Gasteiger partial charge in [0.15, 0.2) is 16.9 Å². The maximum atomic E-state index is 12.0. The topological polar surface area (TPSA) is 484 Å². The molecule has 0 saturated heterocycles. The van der Waals surface area contributed by atoms with Crippen molar-refractivity contribution < 1.29 is 54.6 Å². The predicted molar refractivity (Wildman–Crippen MR) is 396 cm³/mol. The number of aromatic hydroxyl groups is 1. The second kappa shape index (κ2) is 31.4. The monoisotopic (exact) mass is 1460 g/mol. The van der Waals surface area contributed by atoms with E-state index in [1.165, 1.54) is 30.6 Å². The molecule has 0 aliphatic heterocycles. The Labute approximate surface area is 607 Å². The molecule has 11 N–H and O–H groups in total. The molecule has 33 heteroatoms. The minimum atomic E-state index is -1.45. The lowest BCUT2D eigenvalue weighted by Gasteiger charge is -2.12. The molecule has 2 aromatic carbocycles. The fourth-order valence-electron chi connectivity index (χ4n) is 12.1. The number of aromatic amines is 5. The first kappa shape index (κ1) is 74.4. The van der Waals surface area contributed by atoms with Gasteiger partial charge in [-0.3, -0.25) is 37.7 Å². The van der Waals surface area contributed by atoms with E-state index in [2.05, 4.69) is 60.4 Å². The summed E-state index contributed by atoms with van der Waals surface area (Å²) >= 11 is 0. The summed E-state index contributed by atoms with van der Waals surface area (Å²) in [6.45, 7) is 9.42. The summed E-state index contributed by atoms with van der Waals surface area (Å²) < 4.78 is 8.68. The average Bonchev–Trinajstić information content (AvgIpc) is 1.09. The Hall–Kier alpha value is -14.8. The van der Waals surface area contributed by atoms with Gasteiger partial charge in [-0.1, -0.05) is 46.8 Å². The van der Waals surface area contributed by atoms with E-state index in [9.17, 15) is 53.1 Å². The van der Waals surface area contributed by atoms with Crippen molar-refractivity contribution in [3.8, 4) is 62.0 Å². The van der Waals surface area contributed by atoms with E-state index in [-0.39, 0.29) is 22.3 Å². The SMILES string of the molecule is CCc1c(-c2ccc3c(cnn3C)c2)[nH]c(=O)c(C(=O)O)c1O.CCc1cc(C(=O)O)c(=O)[nH]c1-c1ccc2c(cnn2C)c1.CCc1cc(C(=O)O)c(=O)[nH]c1-c1ccc2nccn2c1.CCc1cc(C(=O)O)c(=O)[nH]c1-c1ccc2ncnn2c1.CCc1cc(C(=O)O)c(=O)[nH]c1-c1ccc2nncn2c1. The lowest BCUT2D eigenvalue weighted by atomic mass is 10.00. The van der Waals surface area contributed by atoms with E-state index >= 15 is 0 Å². The summed E-state index contributed by atoms with van der Waals surface area (Å²) in [5, 5.41) is 77.4. The molecule has 0 saturated carbocycles. The third-order valence-electron chi connectivity index (χ3n) is 17.7. The van der Waals surface area contributed by atoms with Gasteiger partial charge in [-0.05, 0) is 150 Å². The minimum absolute atomic E-state index is 0.233. The number of carboxylic acids is 5. The molecule has 33 nitrogen and oxygen atoms in total. The molecule has 13 aromatic heterocycles. The van der Waals surface area contributed by atoms with Crippen LogP contribution in [0.4, 0.5) is 0 Å². The number of aromatic carboxylic acids is 5. The molecule has 108 heavy (non-hydrogen) atoms. The molecular weight excluding hydrogens is 1390 g/mol. The van der Waals surface area contributed by atoms with E-state index in [0.29, 0.717) is 83.0 Å². The van der Waals surface area contributed by atoms with Crippen LogP contribution in [-0.2, 0) is 46.2 Å². The third kappa shape index (κ3) is 15.3. The summed E-state index contributed by atoms with van der Waals surface area (Å²) in [6.07, 6.45) is 18.2. The quantitative estimate of drug-likeness (QED) is 0.0457. The van der Waals surface area contributed by atoms with Crippen LogP contribution in [0.15, 0.2) is 177 Å². The molecule has 0 aliphatic rings. The van der Waals surface area contributed by atoms with Crippen LogP contribution in [0.2, 0.25) is 0 Å². The first-order valence-electron chi connectivity index (χ1n) is 33.3. The van der Waals surface area contributed by atoms with Crippen molar-refractivity contribution in [2.75, 3.05) is 0 Å². The van der Waals surface area contributed by atoms with Crippen LogP contribution in [0.5, 0.6) is 5.75 Å². The van der Waals surface area contributed by atoms with Crippen LogP contribution in [-0.4, -0.2) is 144 Å². The van der Waals surface area contributed by atoms with Gasteiger partial charge < -0.3 is 60.0 Å². The van der Waals surface area contributed by atoms with Gasteiger partial charge in [0.1, 0.15) is 46.3 Å². The van der Waals surface area contributed by atoms with E-state index in [4.69, 9.17) is 25.5 Å². The van der Waals surface area contributed by atoms with Crippen LogP contribution in [0, 0.1) is 0 Å². The van der Waals surface area contributed by atoms with Crippen molar-refractivity contribution in [2.45, 2.75) is 66.7 Å². The molecule has 0 aliphatic carbocycles. The Morgan fingerprint density at radius 2 is 0.815 bits per heavy atom. The van der Waals surface area contributed by atoms with Gasteiger partial charge in [0, 0.05) is 78.1 Å². The van der Waals surface area contributed by atoms with E-state index < -0.39 is 69.0 Å². The molecule has 15 rings (SSSR count). The zero-order valence-corrected chi connectivity index (χ0v) is 58.6. The minimum Gasteiger partial charge on any atom is -0.506 e. The van der Waals surface area contributed by atoms with Crippen molar-refractivity contribution in [2.24, 2.45) is 14.1 Å². The average molecular weight is 1460 g/mol. The number of benzene rings is 2. The number of rotatable bonds is 15. The lowest BCUT2D eigenvalue weighted by molar-refractivity contribution is 0.0680. The Bertz CT molecular complexity index is 6030. The number of pyridine rings is 8. The number of hydrogen-bond donors (Lipinski definition) is 11. The summed E-state index contributed by atoms with van der Waals surface area (Å²) in [5.74, 6) is -6.83. The van der Waals surface area contributed by atoms with Crippen molar-refractivity contribution in [3.63, 3.8) is 0 Å². The highest BCUT2D eigenvalue weighted by molar-refractivity contribution is 5.94. The number of carbonyl (C=O) groups is 5.